The molecule has 4 rings (SSSR count). The number of rotatable bonds is 5. The number of carboxylic acid groups (broad SMARTS) is 1. The predicted molar refractivity (Wildman–Crippen MR) is 103 cm³/mol. The van der Waals surface area contributed by atoms with Crippen molar-refractivity contribution in [1.29, 1.82) is 0 Å². The minimum absolute atomic E-state index is 0.230. The summed E-state index contributed by atoms with van der Waals surface area (Å²) >= 11 is 0. The lowest BCUT2D eigenvalue weighted by atomic mass is 9.99. The Morgan fingerprint density at radius 3 is 2.73 bits per heavy atom. The monoisotopic (exact) mass is 349 g/mol. The van der Waals surface area contributed by atoms with E-state index in [0.717, 1.165) is 29.5 Å². The number of benzene rings is 1. The molecule has 2 heterocycles. The average Bonchev–Trinajstić information content (AvgIpc) is 3.38. The van der Waals surface area contributed by atoms with Crippen molar-refractivity contribution in [3.05, 3.63) is 53.3 Å². The van der Waals surface area contributed by atoms with Crippen LogP contribution in [0.5, 0.6) is 0 Å². The van der Waals surface area contributed by atoms with E-state index in [2.05, 4.69) is 40.8 Å². The number of nitrogens with one attached hydrogen (secondary N) is 1. The molecule has 1 aliphatic carbocycles. The molecule has 26 heavy (non-hydrogen) atoms. The number of aromatic carboxylic acids is 1. The van der Waals surface area contributed by atoms with Crippen LogP contribution in [0.2, 0.25) is 0 Å². The Bertz CT molecular complexity index is 1000. The molecule has 134 valence electrons. The van der Waals surface area contributed by atoms with Crippen molar-refractivity contribution >= 4 is 28.4 Å². The lowest BCUT2D eigenvalue weighted by Crippen LogP contribution is -2.06. The van der Waals surface area contributed by atoms with E-state index in [9.17, 15) is 9.90 Å². The normalized spacial score (nSPS) is 14.2. The molecule has 0 bridgehead atoms. The number of carboxylic acids is 1. The van der Waals surface area contributed by atoms with Gasteiger partial charge in [-0.1, -0.05) is 13.8 Å². The van der Waals surface area contributed by atoms with Crippen LogP contribution in [-0.4, -0.2) is 20.6 Å². The Labute approximate surface area is 152 Å². The van der Waals surface area contributed by atoms with Crippen LogP contribution in [0.3, 0.4) is 0 Å². The van der Waals surface area contributed by atoms with Crippen LogP contribution in [0, 0.1) is 0 Å². The molecule has 0 atom stereocenters. The predicted octanol–water partition coefficient (Wildman–Crippen LogP) is 5.02. The standard InChI is InChI=1S/C21H23N3O2/c1-12(2)17-10-16(8-14-6-7-24(3)19(14)17)23-20-18(21(25)26)9-15(11-22-20)13-4-5-13/h6-13H,4-5H2,1-3H3,(H,22,23)(H,25,26). The summed E-state index contributed by atoms with van der Waals surface area (Å²) in [6, 6.07) is 7.98. The zero-order chi connectivity index (χ0) is 18.4. The van der Waals surface area contributed by atoms with E-state index < -0.39 is 5.97 Å². The fourth-order valence-corrected chi connectivity index (χ4v) is 3.51. The molecule has 5 nitrogen and oxygen atoms in total. The highest BCUT2D eigenvalue weighted by Gasteiger charge is 2.26. The number of carbonyl (C=O) groups is 1. The number of fused-ring (bicyclic) bond motifs is 1. The first-order valence-electron chi connectivity index (χ1n) is 9.03. The van der Waals surface area contributed by atoms with Gasteiger partial charge in [0.2, 0.25) is 0 Å². The Balaban J connectivity index is 1.76. The summed E-state index contributed by atoms with van der Waals surface area (Å²) in [5.41, 5.74) is 4.55. The maximum atomic E-state index is 11.7. The smallest absolute Gasteiger partial charge is 0.339 e. The largest absolute Gasteiger partial charge is 0.478 e. The van der Waals surface area contributed by atoms with E-state index in [1.165, 1.54) is 11.1 Å². The van der Waals surface area contributed by atoms with Gasteiger partial charge in [0.15, 0.2) is 0 Å². The SMILES string of the molecule is CC(C)c1cc(Nc2ncc(C3CC3)cc2C(=O)O)cc2ccn(C)c12. The molecule has 2 aromatic heterocycles. The summed E-state index contributed by atoms with van der Waals surface area (Å²) in [4.78, 5) is 16.1. The number of hydrogen-bond acceptors (Lipinski definition) is 3. The molecule has 0 radical (unpaired) electrons. The lowest BCUT2D eigenvalue weighted by molar-refractivity contribution is 0.0697. The molecule has 0 unspecified atom stereocenters. The second-order valence-electron chi connectivity index (χ2n) is 7.45. The number of anilines is 2. The highest BCUT2D eigenvalue weighted by molar-refractivity contribution is 5.95. The molecule has 1 fully saturated rings. The first-order valence-corrected chi connectivity index (χ1v) is 9.03. The fraction of sp³-hybridized carbons (Fsp3) is 0.333. The zero-order valence-corrected chi connectivity index (χ0v) is 15.3. The van der Waals surface area contributed by atoms with Crippen molar-refractivity contribution in [3.63, 3.8) is 0 Å². The van der Waals surface area contributed by atoms with Crippen molar-refractivity contribution in [3.8, 4) is 0 Å². The third kappa shape index (κ3) is 2.94. The van der Waals surface area contributed by atoms with Crippen LogP contribution in [-0.2, 0) is 7.05 Å². The van der Waals surface area contributed by atoms with Gasteiger partial charge in [0.25, 0.3) is 0 Å². The number of hydrogen-bond donors (Lipinski definition) is 2. The first-order chi connectivity index (χ1) is 12.4. The maximum absolute atomic E-state index is 11.7. The summed E-state index contributed by atoms with van der Waals surface area (Å²) in [6.45, 7) is 4.33. The molecule has 3 aromatic rings. The van der Waals surface area contributed by atoms with Crippen LogP contribution in [0.25, 0.3) is 10.9 Å². The molecule has 2 N–H and O–H groups in total. The van der Waals surface area contributed by atoms with E-state index in [4.69, 9.17) is 0 Å². The Hall–Kier alpha value is -2.82. The van der Waals surface area contributed by atoms with Gasteiger partial charge >= 0.3 is 5.97 Å². The molecule has 1 aliphatic rings. The van der Waals surface area contributed by atoms with Crippen LogP contribution in [0.4, 0.5) is 11.5 Å². The third-order valence-corrected chi connectivity index (χ3v) is 5.07. The number of pyridine rings is 1. The molecular formula is C21H23N3O2. The first kappa shape index (κ1) is 16.6. The van der Waals surface area contributed by atoms with Gasteiger partial charge in [-0.15, -0.1) is 0 Å². The Morgan fingerprint density at radius 1 is 1.31 bits per heavy atom. The fourth-order valence-electron chi connectivity index (χ4n) is 3.51. The van der Waals surface area contributed by atoms with Crippen LogP contribution < -0.4 is 5.32 Å². The van der Waals surface area contributed by atoms with E-state index in [1.807, 2.05) is 19.3 Å². The third-order valence-electron chi connectivity index (χ3n) is 5.07. The van der Waals surface area contributed by atoms with Crippen molar-refractivity contribution < 1.29 is 9.90 Å². The average molecular weight is 349 g/mol. The van der Waals surface area contributed by atoms with Crippen LogP contribution >= 0.6 is 0 Å². The van der Waals surface area contributed by atoms with Crippen LogP contribution in [0.1, 0.15) is 60.0 Å². The number of nitrogens with zero attached hydrogens (tertiary/aromatic N) is 2. The molecule has 1 saturated carbocycles. The molecular weight excluding hydrogens is 326 g/mol. The maximum Gasteiger partial charge on any atom is 0.339 e. The minimum atomic E-state index is -0.952. The summed E-state index contributed by atoms with van der Waals surface area (Å²) < 4.78 is 2.12. The Morgan fingerprint density at radius 2 is 2.08 bits per heavy atom. The van der Waals surface area contributed by atoms with E-state index in [1.54, 1.807) is 12.3 Å². The van der Waals surface area contributed by atoms with Crippen molar-refractivity contribution in [1.82, 2.24) is 9.55 Å². The quantitative estimate of drug-likeness (QED) is 0.679. The lowest BCUT2D eigenvalue weighted by Gasteiger charge is -2.15. The minimum Gasteiger partial charge on any atom is -0.478 e. The second-order valence-corrected chi connectivity index (χ2v) is 7.45. The molecule has 0 spiro atoms. The Kier molecular flexibility index (Phi) is 3.94. The molecule has 0 amide bonds. The van der Waals surface area contributed by atoms with Crippen molar-refractivity contribution in [2.75, 3.05) is 5.32 Å². The van der Waals surface area contributed by atoms with Gasteiger partial charge in [0.1, 0.15) is 11.4 Å². The van der Waals surface area contributed by atoms with Gasteiger partial charge in [-0.3, -0.25) is 0 Å². The highest BCUT2D eigenvalue weighted by atomic mass is 16.4. The van der Waals surface area contributed by atoms with Gasteiger partial charge < -0.3 is 15.0 Å². The van der Waals surface area contributed by atoms with Gasteiger partial charge in [0.05, 0.1) is 5.52 Å². The van der Waals surface area contributed by atoms with Crippen molar-refractivity contribution in [2.45, 2.75) is 38.5 Å². The number of aromatic nitrogens is 2. The summed E-state index contributed by atoms with van der Waals surface area (Å²) in [5.74, 6) is 0.277. The van der Waals surface area contributed by atoms with E-state index in [-0.39, 0.29) is 5.56 Å². The second kappa shape index (κ2) is 6.16. The van der Waals surface area contributed by atoms with Gasteiger partial charge in [0, 0.05) is 30.5 Å². The molecule has 0 saturated heterocycles. The zero-order valence-electron chi connectivity index (χ0n) is 15.3. The highest BCUT2D eigenvalue weighted by Crippen LogP contribution is 2.40. The molecule has 1 aromatic carbocycles. The summed E-state index contributed by atoms with van der Waals surface area (Å²) in [7, 11) is 2.04. The summed E-state index contributed by atoms with van der Waals surface area (Å²) in [6.07, 6.45) is 6.09. The van der Waals surface area contributed by atoms with Crippen LogP contribution in [0.15, 0.2) is 36.7 Å². The topological polar surface area (TPSA) is 67.2 Å². The molecule has 0 aliphatic heterocycles. The van der Waals surface area contributed by atoms with Gasteiger partial charge in [-0.05, 0) is 60.1 Å². The molecule has 5 heteroatoms. The van der Waals surface area contributed by atoms with Gasteiger partial charge in [-0.2, -0.15) is 0 Å². The van der Waals surface area contributed by atoms with E-state index >= 15 is 0 Å². The number of aryl methyl sites for hydroxylation is 1. The summed E-state index contributed by atoms with van der Waals surface area (Å²) in [5, 5.41) is 14.0. The van der Waals surface area contributed by atoms with Gasteiger partial charge in [-0.25, -0.2) is 9.78 Å². The van der Waals surface area contributed by atoms with E-state index in [0.29, 0.717) is 17.7 Å². The van der Waals surface area contributed by atoms with Crippen molar-refractivity contribution in [2.24, 2.45) is 7.05 Å².